The number of nitrogens with zero attached hydrogens (tertiary/aromatic N) is 2. The van der Waals surface area contributed by atoms with Gasteiger partial charge in [-0.2, -0.15) is 0 Å². The van der Waals surface area contributed by atoms with E-state index in [1.54, 1.807) is 36.4 Å². The number of hydrogen-bond donors (Lipinski definition) is 2. The Hall–Kier alpha value is -4.57. The van der Waals surface area contributed by atoms with Crippen molar-refractivity contribution >= 4 is 51.3 Å². The summed E-state index contributed by atoms with van der Waals surface area (Å²) in [6.45, 7) is 3.36. The summed E-state index contributed by atoms with van der Waals surface area (Å²) in [7, 11) is 0. The van der Waals surface area contributed by atoms with E-state index in [0.29, 0.717) is 28.1 Å². The zero-order valence-electron chi connectivity index (χ0n) is 20.5. The maximum absolute atomic E-state index is 12.9. The number of hydrogen-bond acceptors (Lipinski definition) is 7. The Kier molecular flexibility index (Phi) is 6.89. The summed E-state index contributed by atoms with van der Waals surface area (Å²) in [6.07, 6.45) is 1.96. The average Bonchev–Trinajstić information content (AvgIpc) is 3.44. The van der Waals surface area contributed by atoms with E-state index < -0.39 is 16.5 Å². The summed E-state index contributed by atoms with van der Waals surface area (Å²) >= 11 is 5.35. The minimum atomic E-state index is -0.567. The molecule has 0 atom stereocenters. The number of carbonyl (C=O) groups is 1. The number of nitro benzene ring substituents is 1. The van der Waals surface area contributed by atoms with E-state index in [9.17, 15) is 19.7 Å². The number of para-hydroxylation sites is 1. The molecule has 38 heavy (non-hydrogen) atoms. The van der Waals surface area contributed by atoms with E-state index in [0.717, 1.165) is 36.9 Å². The van der Waals surface area contributed by atoms with Crippen molar-refractivity contribution in [2.45, 2.75) is 19.8 Å². The highest BCUT2D eigenvalue weighted by Crippen LogP contribution is 2.32. The summed E-state index contributed by atoms with van der Waals surface area (Å²) in [5.41, 5.74) is 3.01. The molecule has 0 unspecified atom stereocenters. The van der Waals surface area contributed by atoms with Gasteiger partial charge in [0.2, 0.25) is 0 Å². The second kappa shape index (κ2) is 10.4. The minimum absolute atomic E-state index is 0.0204. The van der Waals surface area contributed by atoms with E-state index in [4.69, 9.17) is 16.6 Å². The third-order valence-corrected chi connectivity index (χ3v) is 6.75. The topological polar surface area (TPSA) is 118 Å². The van der Waals surface area contributed by atoms with Gasteiger partial charge in [-0.15, -0.1) is 0 Å². The van der Waals surface area contributed by atoms with Crippen molar-refractivity contribution in [3.05, 3.63) is 98.4 Å². The monoisotopic (exact) mass is 528 g/mol. The van der Waals surface area contributed by atoms with Gasteiger partial charge in [-0.3, -0.25) is 20.2 Å². The molecule has 0 radical (unpaired) electrons. The molecule has 0 saturated carbocycles. The smallest absolute Gasteiger partial charge is 0.344 e. The number of benzene rings is 3. The van der Waals surface area contributed by atoms with Gasteiger partial charge in [0.15, 0.2) is 5.11 Å². The lowest BCUT2D eigenvalue weighted by Gasteiger charge is -2.18. The van der Waals surface area contributed by atoms with Crippen molar-refractivity contribution in [2.75, 3.05) is 23.3 Å². The average molecular weight is 529 g/mol. The fraction of sp³-hybridized carbons (Fsp3) is 0.179. The van der Waals surface area contributed by atoms with Crippen LogP contribution in [0, 0.1) is 17.0 Å². The Balaban J connectivity index is 1.34. The molecule has 1 fully saturated rings. The molecule has 3 aromatic carbocycles. The first-order chi connectivity index (χ1) is 18.3. The van der Waals surface area contributed by atoms with E-state index in [1.165, 1.54) is 6.07 Å². The number of nitrogens with one attached hydrogen (secondary N) is 2. The Labute approximate surface area is 223 Å². The molecule has 1 aliphatic heterocycles. The van der Waals surface area contributed by atoms with Crippen molar-refractivity contribution in [1.29, 1.82) is 0 Å². The minimum Gasteiger partial charge on any atom is -0.422 e. The van der Waals surface area contributed by atoms with E-state index >= 15 is 0 Å². The standard InChI is InChI=1S/C28H24N4O5S/c1-17-8-9-18(21-14-19-6-2-3-7-25(19)37-27(21)34)15-22(17)29-28(38)30-26(33)20-10-11-23(24(16-20)32(35)36)31-12-4-5-13-31/h2-3,6-11,14-16H,4-5,12-13H2,1H3,(H2,29,30,33,38). The van der Waals surface area contributed by atoms with Crippen molar-refractivity contribution in [3.8, 4) is 11.1 Å². The van der Waals surface area contributed by atoms with Gasteiger partial charge in [0.05, 0.1) is 10.5 Å². The molecule has 1 aliphatic rings. The largest absolute Gasteiger partial charge is 0.422 e. The van der Waals surface area contributed by atoms with Gasteiger partial charge in [0.1, 0.15) is 11.3 Å². The lowest BCUT2D eigenvalue weighted by molar-refractivity contribution is -0.384. The van der Waals surface area contributed by atoms with Gasteiger partial charge in [0, 0.05) is 35.8 Å². The molecule has 0 aliphatic carbocycles. The molecule has 5 rings (SSSR count). The molecule has 0 spiro atoms. The maximum atomic E-state index is 12.9. The molecule has 1 aromatic heterocycles. The zero-order valence-corrected chi connectivity index (χ0v) is 21.3. The number of carbonyl (C=O) groups excluding carboxylic acids is 1. The maximum Gasteiger partial charge on any atom is 0.344 e. The van der Waals surface area contributed by atoms with Crippen LogP contribution < -0.4 is 21.2 Å². The van der Waals surface area contributed by atoms with Crippen LogP contribution in [0.1, 0.15) is 28.8 Å². The third-order valence-electron chi connectivity index (χ3n) is 6.55. The Bertz CT molecular complexity index is 1640. The van der Waals surface area contributed by atoms with Gasteiger partial charge in [-0.25, -0.2) is 4.79 Å². The molecule has 192 valence electrons. The number of amides is 1. The number of anilines is 2. The van der Waals surface area contributed by atoms with Crippen LogP contribution in [0.2, 0.25) is 0 Å². The summed E-state index contributed by atoms with van der Waals surface area (Å²) in [5, 5.41) is 18.1. The number of thiocarbonyl (C=S) groups is 1. The Morgan fingerprint density at radius 1 is 1.05 bits per heavy atom. The molecule has 1 amide bonds. The fourth-order valence-corrected chi connectivity index (χ4v) is 4.76. The quantitative estimate of drug-likeness (QED) is 0.153. The normalized spacial score (nSPS) is 12.9. The van der Waals surface area contributed by atoms with Crippen LogP contribution in [-0.4, -0.2) is 29.0 Å². The fourth-order valence-electron chi connectivity index (χ4n) is 4.55. The first-order valence-corrected chi connectivity index (χ1v) is 12.5. The molecule has 2 heterocycles. The van der Waals surface area contributed by atoms with Crippen molar-refractivity contribution in [2.24, 2.45) is 0 Å². The van der Waals surface area contributed by atoms with Crippen molar-refractivity contribution < 1.29 is 14.1 Å². The highest BCUT2D eigenvalue weighted by atomic mass is 32.1. The Morgan fingerprint density at radius 3 is 2.58 bits per heavy atom. The first kappa shape index (κ1) is 25.1. The molecule has 9 nitrogen and oxygen atoms in total. The second-order valence-electron chi connectivity index (χ2n) is 9.08. The summed E-state index contributed by atoms with van der Waals surface area (Å²) in [5.74, 6) is -0.567. The molecule has 4 aromatic rings. The Morgan fingerprint density at radius 2 is 1.82 bits per heavy atom. The van der Waals surface area contributed by atoms with Crippen molar-refractivity contribution in [3.63, 3.8) is 0 Å². The van der Waals surface area contributed by atoms with Crippen LogP contribution in [0.15, 0.2) is 75.9 Å². The molecule has 10 heteroatoms. The lowest BCUT2D eigenvalue weighted by Crippen LogP contribution is -2.34. The van der Waals surface area contributed by atoms with Crippen LogP contribution >= 0.6 is 12.2 Å². The molecular weight excluding hydrogens is 504 g/mol. The van der Waals surface area contributed by atoms with Gasteiger partial charge < -0.3 is 14.6 Å². The van der Waals surface area contributed by atoms with E-state index in [2.05, 4.69) is 10.6 Å². The number of nitro groups is 1. The van der Waals surface area contributed by atoms with Gasteiger partial charge in [0.25, 0.3) is 11.6 Å². The van der Waals surface area contributed by atoms with Crippen LogP contribution in [0.25, 0.3) is 22.1 Å². The molecular formula is C28H24N4O5S. The highest BCUT2D eigenvalue weighted by molar-refractivity contribution is 7.80. The first-order valence-electron chi connectivity index (χ1n) is 12.1. The summed E-state index contributed by atoms with van der Waals surface area (Å²) in [6, 6.07) is 18.9. The third kappa shape index (κ3) is 5.12. The number of rotatable bonds is 5. The molecule has 0 bridgehead atoms. The predicted octanol–water partition coefficient (Wildman–Crippen LogP) is 5.40. The van der Waals surface area contributed by atoms with Crippen molar-refractivity contribution in [1.82, 2.24) is 5.32 Å². The second-order valence-corrected chi connectivity index (χ2v) is 9.49. The van der Waals surface area contributed by atoms with E-state index in [1.807, 2.05) is 36.1 Å². The predicted molar refractivity (Wildman–Crippen MR) is 151 cm³/mol. The SMILES string of the molecule is Cc1ccc(-c2cc3ccccc3oc2=O)cc1NC(=S)NC(=O)c1ccc(N2CCCC2)c([N+](=O)[O-])c1. The van der Waals surface area contributed by atoms with Crippen LogP contribution in [0.5, 0.6) is 0 Å². The summed E-state index contributed by atoms with van der Waals surface area (Å²) < 4.78 is 5.46. The summed E-state index contributed by atoms with van der Waals surface area (Å²) in [4.78, 5) is 38.6. The van der Waals surface area contributed by atoms with Gasteiger partial charge in [-0.1, -0.05) is 30.3 Å². The molecule has 2 N–H and O–H groups in total. The van der Waals surface area contributed by atoms with Gasteiger partial charge >= 0.3 is 5.63 Å². The number of fused-ring (bicyclic) bond motifs is 1. The van der Waals surface area contributed by atoms with Crippen LogP contribution in [-0.2, 0) is 0 Å². The van der Waals surface area contributed by atoms with Crippen LogP contribution in [0.4, 0.5) is 17.1 Å². The number of aryl methyl sites for hydroxylation is 1. The van der Waals surface area contributed by atoms with Gasteiger partial charge in [-0.05, 0) is 73.4 Å². The molecule has 1 saturated heterocycles. The zero-order chi connectivity index (χ0) is 26.8. The highest BCUT2D eigenvalue weighted by Gasteiger charge is 2.24. The van der Waals surface area contributed by atoms with E-state index in [-0.39, 0.29) is 16.4 Å². The lowest BCUT2D eigenvalue weighted by atomic mass is 10.0. The van der Waals surface area contributed by atoms with Crippen LogP contribution in [0.3, 0.4) is 0 Å².